The van der Waals surface area contributed by atoms with Gasteiger partial charge in [-0.3, -0.25) is 4.98 Å². The highest BCUT2D eigenvalue weighted by atomic mass is 19.1. The first-order valence-electron chi connectivity index (χ1n) is 8.46. The van der Waals surface area contributed by atoms with Crippen LogP contribution < -0.4 is 0 Å². The summed E-state index contributed by atoms with van der Waals surface area (Å²) in [4.78, 5) is 16.9. The van der Waals surface area contributed by atoms with Crippen molar-refractivity contribution in [3.63, 3.8) is 0 Å². The molecule has 2 heterocycles. The SMILES string of the molecule is CCOC(=O)c1cc(F)cc2ccn(Cc3ccc4ccccc4n3)c12. The maximum Gasteiger partial charge on any atom is 0.340 e. The van der Waals surface area contributed by atoms with E-state index in [4.69, 9.17) is 4.74 Å². The zero-order valence-corrected chi connectivity index (χ0v) is 14.3. The van der Waals surface area contributed by atoms with E-state index >= 15 is 0 Å². The summed E-state index contributed by atoms with van der Waals surface area (Å²) >= 11 is 0. The van der Waals surface area contributed by atoms with Crippen LogP contribution in [0.3, 0.4) is 0 Å². The van der Waals surface area contributed by atoms with E-state index in [0.717, 1.165) is 16.6 Å². The molecule has 4 aromatic rings. The van der Waals surface area contributed by atoms with Crippen LogP contribution in [-0.4, -0.2) is 22.1 Å². The molecule has 0 aliphatic heterocycles. The lowest BCUT2D eigenvalue weighted by Crippen LogP contribution is -2.09. The van der Waals surface area contributed by atoms with Gasteiger partial charge in [-0.15, -0.1) is 0 Å². The fraction of sp³-hybridized carbons (Fsp3) is 0.143. The van der Waals surface area contributed by atoms with Gasteiger partial charge in [-0.2, -0.15) is 0 Å². The molecular formula is C21H17FN2O2. The fourth-order valence-electron chi connectivity index (χ4n) is 3.18. The number of benzene rings is 2. The summed E-state index contributed by atoms with van der Waals surface area (Å²) in [5, 5.41) is 1.73. The number of rotatable bonds is 4. The van der Waals surface area contributed by atoms with Crippen LogP contribution in [0.15, 0.2) is 60.8 Å². The molecule has 0 atom stereocenters. The Morgan fingerprint density at radius 1 is 1.12 bits per heavy atom. The monoisotopic (exact) mass is 348 g/mol. The van der Waals surface area contributed by atoms with Gasteiger partial charge >= 0.3 is 5.97 Å². The van der Waals surface area contributed by atoms with Crippen molar-refractivity contribution in [1.82, 2.24) is 9.55 Å². The van der Waals surface area contributed by atoms with Gasteiger partial charge < -0.3 is 9.30 Å². The van der Waals surface area contributed by atoms with Crippen LogP contribution in [0.1, 0.15) is 23.0 Å². The molecule has 0 aliphatic carbocycles. The van der Waals surface area contributed by atoms with E-state index < -0.39 is 11.8 Å². The van der Waals surface area contributed by atoms with E-state index in [1.54, 1.807) is 13.0 Å². The molecule has 130 valence electrons. The summed E-state index contributed by atoms with van der Waals surface area (Å²) < 4.78 is 20.9. The number of hydrogen-bond acceptors (Lipinski definition) is 3. The summed E-state index contributed by atoms with van der Waals surface area (Å²) in [6, 6.07) is 16.3. The van der Waals surface area contributed by atoms with Gasteiger partial charge in [-0.05, 0) is 37.3 Å². The first-order valence-corrected chi connectivity index (χ1v) is 8.46. The number of carbonyl (C=O) groups excluding carboxylic acids is 1. The van der Waals surface area contributed by atoms with Crippen molar-refractivity contribution in [2.75, 3.05) is 6.61 Å². The number of para-hydroxylation sites is 1. The Kier molecular flexibility index (Phi) is 4.13. The van der Waals surface area contributed by atoms with Crippen LogP contribution in [0.25, 0.3) is 21.8 Å². The molecule has 4 rings (SSSR count). The number of carbonyl (C=O) groups is 1. The Morgan fingerprint density at radius 3 is 2.81 bits per heavy atom. The van der Waals surface area contributed by atoms with Crippen LogP contribution in [0.4, 0.5) is 4.39 Å². The molecule has 0 aliphatic rings. The second kappa shape index (κ2) is 6.59. The Labute approximate surface area is 149 Å². The van der Waals surface area contributed by atoms with Gasteiger partial charge in [0.2, 0.25) is 0 Å². The predicted octanol–water partition coefficient (Wildman–Crippen LogP) is 4.55. The van der Waals surface area contributed by atoms with Crippen LogP contribution in [0.2, 0.25) is 0 Å². The maximum atomic E-state index is 13.9. The van der Waals surface area contributed by atoms with Gasteiger partial charge in [0.15, 0.2) is 0 Å². The standard InChI is InChI=1S/C21H17FN2O2/c1-2-26-21(25)18-12-16(22)11-15-9-10-24(20(15)18)13-17-8-7-14-5-3-4-6-19(14)23-17/h3-12H,2,13H2,1H3. The molecule has 2 aromatic carbocycles. The Bertz CT molecular complexity index is 1120. The highest BCUT2D eigenvalue weighted by molar-refractivity contribution is 6.03. The molecule has 0 spiro atoms. The van der Waals surface area contributed by atoms with Crippen molar-refractivity contribution < 1.29 is 13.9 Å². The van der Waals surface area contributed by atoms with Gasteiger partial charge in [-0.1, -0.05) is 24.3 Å². The van der Waals surface area contributed by atoms with Gasteiger partial charge in [0, 0.05) is 17.0 Å². The van der Waals surface area contributed by atoms with E-state index in [2.05, 4.69) is 4.98 Å². The van der Waals surface area contributed by atoms with Crippen LogP contribution in [0, 0.1) is 5.82 Å². The molecule has 0 amide bonds. The lowest BCUT2D eigenvalue weighted by atomic mass is 10.1. The van der Waals surface area contributed by atoms with Crippen molar-refractivity contribution in [2.45, 2.75) is 13.5 Å². The molecule has 26 heavy (non-hydrogen) atoms. The predicted molar refractivity (Wildman–Crippen MR) is 98.7 cm³/mol. The molecule has 0 bridgehead atoms. The second-order valence-electron chi connectivity index (χ2n) is 6.05. The van der Waals surface area contributed by atoms with E-state index in [0.29, 0.717) is 17.4 Å². The first-order chi connectivity index (χ1) is 12.7. The van der Waals surface area contributed by atoms with Crippen molar-refractivity contribution in [2.24, 2.45) is 0 Å². The minimum atomic E-state index is -0.525. The number of halogens is 1. The fourth-order valence-corrected chi connectivity index (χ4v) is 3.18. The molecular weight excluding hydrogens is 331 g/mol. The van der Waals surface area contributed by atoms with Gasteiger partial charge in [0.25, 0.3) is 0 Å². The summed E-state index contributed by atoms with van der Waals surface area (Å²) in [6.07, 6.45) is 1.84. The Morgan fingerprint density at radius 2 is 1.96 bits per heavy atom. The minimum Gasteiger partial charge on any atom is -0.462 e. The van der Waals surface area contributed by atoms with Crippen molar-refractivity contribution in [1.29, 1.82) is 0 Å². The third-order valence-corrected chi connectivity index (χ3v) is 4.31. The highest BCUT2D eigenvalue weighted by Crippen LogP contribution is 2.24. The minimum absolute atomic E-state index is 0.229. The third kappa shape index (κ3) is 2.92. The third-order valence-electron chi connectivity index (χ3n) is 4.31. The van der Waals surface area contributed by atoms with Crippen molar-refractivity contribution in [3.8, 4) is 0 Å². The molecule has 0 saturated carbocycles. The molecule has 5 heteroatoms. The Hall–Kier alpha value is -3.21. The quantitative estimate of drug-likeness (QED) is 0.508. The van der Waals surface area contributed by atoms with Gasteiger partial charge in [0.1, 0.15) is 5.82 Å². The number of nitrogens with zero attached hydrogens (tertiary/aromatic N) is 2. The van der Waals surface area contributed by atoms with Crippen LogP contribution in [-0.2, 0) is 11.3 Å². The van der Waals surface area contributed by atoms with Crippen molar-refractivity contribution in [3.05, 3.63) is 77.9 Å². The maximum absolute atomic E-state index is 13.9. The lowest BCUT2D eigenvalue weighted by molar-refractivity contribution is 0.0527. The average molecular weight is 348 g/mol. The summed E-state index contributed by atoms with van der Waals surface area (Å²) in [7, 11) is 0. The average Bonchev–Trinajstić information content (AvgIpc) is 3.03. The normalized spacial score (nSPS) is 11.2. The van der Waals surface area contributed by atoms with Gasteiger partial charge in [-0.25, -0.2) is 9.18 Å². The topological polar surface area (TPSA) is 44.1 Å². The highest BCUT2D eigenvalue weighted by Gasteiger charge is 2.17. The van der Waals surface area contributed by atoms with Crippen molar-refractivity contribution >= 4 is 27.8 Å². The molecule has 0 fully saturated rings. The first kappa shape index (κ1) is 16.3. The number of pyridine rings is 1. The van der Waals surface area contributed by atoms with E-state index in [1.807, 2.05) is 47.2 Å². The number of esters is 1. The molecule has 0 N–H and O–H groups in total. The molecule has 4 nitrogen and oxygen atoms in total. The van der Waals surface area contributed by atoms with E-state index in [-0.39, 0.29) is 12.2 Å². The largest absolute Gasteiger partial charge is 0.462 e. The van der Waals surface area contributed by atoms with Crippen LogP contribution >= 0.6 is 0 Å². The molecule has 2 aromatic heterocycles. The van der Waals surface area contributed by atoms with Gasteiger partial charge in [0.05, 0.1) is 35.4 Å². The smallest absolute Gasteiger partial charge is 0.340 e. The summed E-state index contributed by atoms with van der Waals surface area (Å²) in [5.41, 5.74) is 2.66. The number of aromatic nitrogens is 2. The zero-order chi connectivity index (χ0) is 18.1. The second-order valence-corrected chi connectivity index (χ2v) is 6.05. The molecule has 0 unspecified atom stereocenters. The number of hydrogen-bond donors (Lipinski definition) is 0. The summed E-state index contributed by atoms with van der Waals surface area (Å²) in [5.74, 6) is -0.981. The Balaban J connectivity index is 1.79. The zero-order valence-electron chi connectivity index (χ0n) is 14.3. The molecule has 0 radical (unpaired) electrons. The van der Waals surface area contributed by atoms with E-state index in [1.165, 1.54) is 12.1 Å². The number of ether oxygens (including phenoxy) is 1. The van der Waals surface area contributed by atoms with Crippen LogP contribution in [0.5, 0.6) is 0 Å². The lowest BCUT2D eigenvalue weighted by Gasteiger charge is -2.10. The number of fused-ring (bicyclic) bond motifs is 2. The van der Waals surface area contributed by atoms with E-state index in [9.17, 15) is 9.18 Å². The summed E-state index contributed by atoms with van der Waals surface area (Å²) in [6.45, 7) is 2.45. The molecule has 0 saturated heterocycles.